The first-order valence-electron chi connectivity index (χ1n) is 6.63. The van der Waals surface area contributed by atoms with E-state index < -0.39 is 35.2 Å². The molecule has 0 bridgehead atoms. The van der Waals surface area contributed by atoms with Crippen LogP contribution in [0.3, 0.4) is 0 Å². The van der Waals surface area contributed by atoms with Gasteiger partial charge in [-0.3, -0.25) is 0 Å². The van der Waals surface area contributed by atoms with Gasteiger partial charge in [0.25, 0.3) is 0 Å². The Morgan fingerprint density at radius 2 is 2.00 bits per heavy atom. The maximum Gasteiger partial charge on any atom is 0.333 e. The van der Waals surface area contributed by atoms with Crippen molar-refractivity contribution in [3.05, 3.63) is 29.3 Å². The van der Waals surface area contributed by atoms with E-state index in [0.717, 1.165) is 6.07 Å². The predicted molar refractivity (Wildman–Crippen MR) is 71.4 cm³/mol. The SMILES string of the molecule is COc1c(C2C(C(=O)O)OC(C)(C)C2C)ccc(F)c1F. The highest BCUT2D eigenvalue weighted by atomic mass is 19.2. The second-order valence-corrected chi connectivity index (χ2v) is 5.78. The van der Waals surface area contributed by atoms with E-state index in [2.05, 4.69) is 0 Å². The molecule has 1 fully saturated rings. The van der Waals surface area contributed by atoms with Gasteiger partial charge in [0.2, 0.25) is 5.82 Å². The Labute approximate surface area is 121 Å². The number of rotatable bonds is 3. The van der Waals surface area contributed by atoms with Crippen molar-refractivity contribution < 1.29 is 28.2 Å². The first-order valence-corrected chi connectivity index (χ1v) is 6.63. The van der Waals surface area contributed by atoms with Crippen LogP contribution in [0.1, 0.15) is 32.3 Å². The number of aliphatic carboxylic acids is 1. The lowest BCUT2D eigenvalue weighted by Crippen LogP contribution is -2.27. The van der Waals surface area contributed by atoms with Gasteiger partial charge in [-0.15, -0.1) is 0 Å². The zero-order chi connectivity index (χ0) is 15.9. The zero-order valence-electron chi connectivity index (χ0n) is 12.3. The third-order valence-corrected chi connectivity index (χ3v) is 4.28. The summed E-state index contributed by atoms with van der Waals surface area (Å²) in [4.78, 5) is 11.4. The number of halogens is 2. The summed E-state index contributed by atoms with van der Waals surface area (Å²) in [6, 6.07) is 2.34. The minimum Gasteiger partial charge on any atom is -0.493 e. The van der Waals surface area contributed by atoms with Crippen LogP contribution in [0, 0.1) is 17.6 Å². The molecule has 1 aromatic carbocycles. The highest BCUT2D eigenvalue weighted by Gasteiger charge is 2.51. The van der Waals surface area contributed by atoms with Crippen LogP contribution in [-0.4, -0.2) is 29.9 Å². The van der Waals surface area contributed by atoms with Crippen LogP contribution in [0.4, 0.5) is 8.78 Å². The average molecular weight is 300 g/mol. The van der Waals surface area contributed by atoms with Crippen molar-refractivity contribution in [1.29, 1.82) is 0 Å². The van der Waals surface area contributed by atoms with Crippen LogP contribution in [0.2, 0.25) is 0 Å². The molecule has 1 aromatic rings. The molecule has 6 heteroatoms. The van der Waals surface area contributed by atoms with Gasteiger partial charge in [0.15, 0.2) is 17.7 Å². The van der Waals surface area contributed by atoms with Crippen molar-refractivity contribution in [2.24, 2.45) is 5.92 Å². The van der Waals surface area contributed by atoms with Crippen molar-refractivity contribution in [2.45, 2.75) is 38.4 Å². The molecule has 1 saturated heterocycles. The number of carbonyl (C=O) groups is 1. The molecule has 0 aliphatic carbocycles. The highest BCUT2D eigenvalue weighted by molar-refractivity contribution is 5.75. The van der Waals surface area contributed by atoms with Crippen LogP contribution >= 0.6 is 0 Å². The fourth-order valence-electron chi connectivity index (χ4n) is 2.86. The first kappa shape index (κ1) is 15.7. The van der Waals surface area contributed by atoms with E-state index in [-0.39, 0.29) is 11.7 Å². The van der Waals surface area contributed by atoms with E-state index in [1.807, 2.05) is 6.92 Å². The van der Waals surface area contributed by atoms with Gasteiger partial charge < -0.3 is 14.6 Å². The van der Waals surface area contributed by atoms with Gasteiger partial charge in [-0.2, -0.15) is 4.39 Å². The van der Waals surface area contributed by atoms with Gasteiger partial charge in [-0.1, -0.05) is 13.0 Å². The molecule has 0 saturated carbocycles. The fraction of sp³-hybridized carbons (Fsp3) is 0.533. The van der Waals surface area contributed by atoms with Crippen LogP contribution in [0.15, 0.2) is 12.1 Å². The molecule has 1 aliphatic heterocycles. The summed E-state index contributed by atoms with van der Waals surface area (Å²) < 4.78 is 37.7. The minimum absolute atomic E-state index is 0.211. The molecule has 0 spiro atoms. The summed E-state index contributed by atoms with van der Waals surface area (Å²) in [6.07, 6.45) is -1.13. The molecular weight excluding hydrogens is 282 g/mol. The van der Waals surface area contributed by atoms with Crippen LogP contribution < -0.4 is 4.74 Å². The third-order valence-electron chi connectivity index (χ3n) is 4.28. The highest BCUT2D eigenvalue weighted by Crippen LogP contribution is 2.48. The van der Waals surface area contributed by atoms with E-state index in [9.17, 15) is 18.7 Å². The summed E-state index contributed by atoms with van der Waals surface area (Å²) in [6.45, 7) is 5.38. The molecule has 0 radical (unpaired) electrons. The molecule has 1 N–H and O–H groups in total. The van der Waals surface area contributed by atoms with E-state index in [1.165, 1.54) is 13.2 Å². The van der Waals surface area contributed by atoms with Crippen molar-refractivity contribution in [3.63, 3.8) is 0 Å². The topological polar surface area (TPSA) is 55.8 Å². The molecular formula is C15H18F2O4. The maximum atomic E-state index is 13.9. The minimum atomic E-state index is -1.13. The summed E-state index contributed by atoms with van der Waals surface area (Å²) in [7, 11) is 1.22. The smallest absolute Gasteiger partial charge is 0.333 e. The average Bonchev–Trinajstić information content (AvgIpc) is 2.64. The molecule has 3 atom stereocenters. The quantitative estimate of drug-likeness (QED) is 0.932. The number of benzene rings is 1. The normalized spacial score (nSPS) is 27.6. The van der Waals surface area contributed by atoms with E-state index in [1.54, 1.807) is 13.8 Å². The Bertz CT molecular complexity index is 571. The van der Waals surface area contributed by atoms with Crippen molar-refractivity contribution in [1.82, 2.24) is 0 Å². The third kappa shape index (κ3) is 2.48. The zero-order valence-corrected chi connectivity index (χ0v) is 12.3. The lowest BCUT2D eigenvalue weighted by atomic mass is 9.78. The number of carboxylic acids is 1. The molecule has 4 nitrogen and oxygen atoms in total. The number of carboxylic acid groups (broad SMARTS) is 1. The maximum absolute atomic E-state index is 13.9. The molecule has 2 rings (SSSR count). The number of ether oxygens (including phenoxy) is 2. The predicted octanol–water partition coefficient (Wildman–Crippen LogP) is 2.96. The first-order chi connectivity index (χ1) is 9.70. The molecule has 116 valence electrons. The fourth-order valence-corrected chi connectivity index (χ4v) is 2.86. The van der Waals surface area contributed by atoms with Gasteiger partial charge in [0, 0.05) is 11.5 Å². The Kier molecular flexibility index (Phi) is 3.93. The second kappa shape index (κ2) is 5.26. The summed E-state index contributed by atoms with van der Waals surface area (Å²) in [5.74, 6) is -4.38. The van der Waals surface area contributed by atoms with E-state index >= 15 is 0 Å². The second-order valence-electron chi connectivity index (χ2n) is 5.78. The number of hydrogen-bond acceptors (Lipinski definition) is 3. The van der Waals surface area contributed by atoms with Crippen LogP contribution in [-0.2, 0) is 9.53 Å². The Morgan fingerprint density at radius 1 is 1.38 bits per heavy atom. The van der Waals surface area contributed by atoms with E-state index in [0.29, 0.717) is 5.56 Å². The molecule has 21 heavy (non-hydrogen) atoms. The largest absolute Gasteiger partial charge is 0.493 e. The Hall–Kier alpha value is -1.69. The van der Waals surface area contributed by atoms with Crippen LogP contribution in [0.25, 0.3) is 0 Å². The molecule has 1 aliphatic rings. The standard InChI is InChI=1S/C15H18F2O4/c1-7-10(13(14(18)19)21-15(7,2)3)8-5-6-9(16)11(17)12(8)20-4/h5-7,10,13H,1-4H3,(H,18,19). The van der Waals surface area contributed by atoms with Gasteiger partial charge in [0.1, 0.15) is 0 Å². The summed E-state index contributed by atoms with van der Waals surface area (Å²) in [5, 5.41) is 9.35. The van der Waals surface area contributed by atoms with Gasteiger partial charge in [-0.05, 0) is 25.8 Å². The molecule has 0 amide bonds. The lowest BCUT2D eigenvalue weighted by molar-refractivity contribution is -0.153. The van der Waals surface area contributed by atoms with E-state index in [4.69, 9.17) is 9.47 Å². The Balaban J connectivity index is 2.58. The van der Waals surface area contributed by atoms with Gasteiger partial charge in [0.05, 0.1) is 12.7 Å². The van der Waals surface area contributed by atoms with Gasteiger partial charge in [-0.25, -0.2) is 9.18 Å². The summed E-state index contributed by atoms with van der Waals surface area (Å²) in [5.41, 5.74) is -0.384. The molecule has 0 aromatic heterocycles. The Morgan fingerprint density at radius 3 is 2.52 bits per heavy atom. The lowest BCUT2D eigenvalue weighted by Gasteiger charge is -2.25. The number of methoxy groups -OCH3 is 1. The van der Waals surface area contributed by atoms with Crippen LogP contribution in [0.5, 0.6) is 5.75 Å². The van der Waals surface area contributed by atoms with Crippen molar-refractivity contribution in [2.75, 3.05) is 7.11 Å². The van der Waals surface area contributed by atoms with Crippen molar-refractivity contribution in [3.8, 4) is 5.75 Å². The molecule has 3 unspecified atom stereocenters. The molecule has 1 heterocycles. The number of hydrogen-bond donors (Lipinski definition) is 1. The van der Waals surface area contributed by atoms with Gasteiger partial charge >= 0.3 is 5.97 Å². The van der Waals surface area contributed by atoms with Crippen molar-refractivity contribution >= 4 is 5.97 Å². The summed E-state index contributed by atoms with van der Waals surface area (Å²) >= 11 is 0. The monoisotopic (exact) mass is 300 g/mol.